The lowest BCUT2D eigenvalue weighted by Gasteiger charge is -2.46. The number of allylic oxidation sites excluding steroid dienone is 1. The van der Waals surface area contributed by atoms with Crippen LogP contribution in [0.4, 0.5) is 0 Å². The van der Waals surface area contributed by atoms with Gasteiger partial charge < -0.3 is 0 Å². The predicted octanol–water partition coefficient (Wildman–Crippen LogP) is 12.2. The molecule has 0 N–H and O–H groups in total. The second-order valence-corrected chi connectivity index (χ2v) is 15.4. The molecule has 0 bridgehead atoms. The van der Waals surface area contributed by atoms with Crippen molar-refractivity contribution in [3.05, 3.63) is 12.2 Å². The van der Waals surface area contributed by atoms with Gasteiger partial charge in [0.25, 0.3) is 0 Å². The molecule has 0 nitrogen and oxygen atoms in total. The summed E-state index contributed by atoms with van der Waals surface area (Å²) in [6, 6.07) is 0. The van der Waals surface area contributed by atoms with E-state index >= 15 is 0 Å². The highest BCUT2D eigenvalue weighted by Gasteiger charge is 2.41. The molecule has 0 aliphatic heterocycles. The van der Waals surface area contributed by atoms with Crippen molar-refractivity contribution in [3.63, 3.8) is 0 Å². The molecule has 202 valence electrons. The van der Waals surface area contributed by atoms with E-state index in [1.54, 1.807) is 0 Å². The predicted molar refractivity (Wildman–Crippen MR) is 158 cm³/mol. The maximum absolute atomic E-state index is 4.53. The molecule has 0 aromatic heterocycles. The van der Waals surface area contributed by atoms with Crippen molar-refractivity contribution in [2.24, 2.45) is 44.3 Å². The van der Waals surface area contributed by atoms with Gasteiger partial charge in [0.2, 0.25) is 0 Å². The Balaban J connectivity index is -0.000000585. The van der Waals surface area contributed by atoms with Crippen molar-refractivity contribution in [1.29, 1.82) is 0 Å². The lowest BCUT2D eigenvalue weighted by molar-refractivity contribution is 0.0471. The highest BCUT2D eigenvalue weighted by Crippen LogP contribution is 2.51. The SMILES string of the molecule is C=C(CC(C)(C)C(C)(C)C)C(C)(CC(C)(C)C)C(C)C.CC.CCC(C)(C(C)C)C(C)(C)C. The first-order valence-electron chi connectivity index (χ1n) is 14.0. The minimum Gasteiger partial charge on any atom is -0.0993 e. The normalized spacial score (nSPS) is 16.8. The molecule has 0 rings (SSSR count). The van der Waals surface area contributed by atoms with Crippen LogP contribution in [-0.4, -0.2) is 0 Å². The van der Waals surface area contributed by atoms with Crippen molar-refractivity contribution in [3.8, 4) is 0 Å². The van der Waals surface area contributed by atoms with E-state index in [2.05, 4.69) is 131 Å². The number of hydrogen-bond donors (Lipinski definition) is 0. The van der Waals surface area contributed by atoms with Gasteiger partial charge in [0.15, 0.2) is 0 Å². The standard InChI is InChI=1S/C20H40.C11H24.C2H6/c1-15(2)20(12,14-17(4,5)6)16(3)13-19(10,11)18(7,8)9;1-8-11(7,9(2)3)10(4,5)6;1-2/h15H,3,13-14H2,1-2,4-12H3;9H,8H2,1-7H3;1-2H3. The van der Waals surface area contributed by atoms with Gasteiger partial charge >= 0.3 is 0 Å². The second kappa shape index (κ2) is 13.2. The first-order chi connectivity index (χ1) is 14.3. The lowest BCUT2D eigenvalue weighted by atomic mass is 9.59. The van der Waals surface area contributed by atoms with E-state index < -0.39 is 0 Å². The van der Waals surface area contributed by atoms with Crippen LogP contribution in [0.25, 0.3) is 0 Å². The summed E-state index contributed by atoms with van der Waals surface area (Å²) in [6.07, 6.45) is 3.59. The fourth-order valence-corrected chi connectivity index (χ4v) is 4.64. The molecule has 33 heavy (non-hydrogen) atoms. The van der Waals surface area contributed by atoms with Gasteiger partial charge in [-0.2, -0.15) is 0 Å². The van der Waals surface area contributed by atoms with Crippen LogP contribution < -0.4 is 0 Å². The first-order valence-corrected chi connectivity index (χ1v) is 14.0. The molecule has 0 heteroatoms. The third-order valence-electron chi connectivity index (χ3n) is 9.39. The minimum absolute atomic E-state index is 0.223. The van der Waals surface area contributed by atoms with Crippen LogP contribution >= 0.6 is 0 Å². The summed E-state index contributed by atoms with van der Waals surface area (Å²) in [5.74, 6) is 1.40. The van der Waals surface area contributed by atoms with Crippen molar-refractivity contribution in [2.75, 3.05) is 0 Å². The smallest absolute Gasteiger partial charge is 0.00909 e. The molecule has 2 unspecified atom stereocenters. The van der Waals surface area contributed by atoms with E-state index in [4.69, 9.17) is 0 Å². The Morgan fingerprint density at radius 2 is 1.00 bits per heavy atom. The van der Waals surface area contributed by atoms with Crippen LogP contribution in [0.2, 0.25) is 0 Å². The Morgan fingerprint density at radius 3 is 1.15 bits per heavy atom. The quantitative estimate of drug-likeness (QED) is 0.327. The van der Waals surface area contributed by atoms with Crippen LogP contribution in [0.3, 0.4) is 0 Å². The molecule has 0 radical (unpaired) electrons. The highest BCUT2D eigenvalue weighted by molar-refractivity contribution is 5.14. The molecule has 0 aliphatic carbocycles. The van der Waals surface area contributed by atoms with Gasteiger partial charge in [0.1, 0.15) is 0 Å². The number of hydrogen-bond acceptors (Lipinski definition) is 0. The lowest BCUT2D eigenvalue weighted by Crippen LogP contribution is -2.36. The summed E-state index contributed by atoms with van der Waals surface area (Å²) < 4.78 is 0. The monoisotopic (exact) mass is 467 g/mol. The van der Waals surface area contributed by atoms with Gasteiger partial charge in [-0.3, -0.25) is 0 Å². The second-order valence-electron chi connectivity index (χ2n) is 15.4. The van der Waals surface area contributed by atoms with Crippen LogP contribution in [0.1, 0.15) is 158 Å². The topological polar surface area (TPSA) is 0 Å². The third kappa shape index (κ3) is 11.3. The maximum atomic E-state index is 4.53. The largest absolute Gasteiger partial charge is 0.0993 e. The maximum Gasteiger partial charge on any atom is -0.00909 e. The van der Waals surface area contributed by atoms with Crippen LogP contribution in [0.5, 0.6) is 0 Å². The zero-order valence-electron chi connectivity index (χ0n) is 27.5. The highest BCUT2D eigenvalue weighted by atomic mass is 14.5. The molecule has 0 heterocycles. The van der Waals surface area contributed by atoms with Crippen molar-refractivity contribution < 1.29 is 0 Å². The van der Waals surface area contributed by atoms with E-state index in [9.17, 15) is 0 Å². The van der Waals surface area contributed by atoms with Gasteiger partial charge in [0, 0.05) is 0 Å². The molecule has 0 aromatic rings. The molecule has 0 spiro atoms. The Morgan fingerprint density at radius 1 is 0.636 bits per heavy atom. The molecular formula is C33H70. The van der Waals surface area contributed by atoms with E-state index in [1.807, 2.05) is 13.8 Å². The molecule has 0 saturated heterocycles. The molecule has 0 amide bonds. The average Bonchev–Trinajstić information content (AvgIpc) is 2.59. The minimum atomic E-state index is 0.223. The molecular weight excluding hydrogens is 396 g/mol. The third-order valence-corrected chi connectivity index (χ3v) is 9.39. The Hall–Kier alpha value is -0.260. The molecule has 2 atom stereocenters. The summed E-state index contributed by atoms with van der Waals surface area (Å²) in [7, 11) is 0. The fourth-order valence-electron chi connectivity index (χ4n) is 4.64. The van der Waals surface area contributed by atoms with Gasteiger partial charge in [-0.15, -0.1) is 0 Å². The Bertz CT molecular complexity index is 538. The van der Waals surface area contributed by atoms with E-state index in [0.29, 0.717) is 27.6 Å². The molecule has 0 aromatic carbocycles. The summed E-state index contributed by atoms with van der Waals surface area (Å²) in [5, 5.41) is 0. The molecule has 0 aliphatic rings. The van der Waals surface area contributed by atoms with Gasteiger partial charge in [0.05, 0.1) is 0 Å². The van der Waals surface area contributed by atoms with Gasteiger partial charge in [-0.1, -0.05) is 151 Å². The summed E-state index contributed by atoms with van der Waals surface area (Å²) >= 11 is 0. The summed E-state index contributed by atoms with van der Waals surface area (Å²) in [6.45, 7) is 50.9. The summed E-state index contributed by atoms with van der Waals surface area (Å²) in [4.78, 5) is 0. The van der Waals surface area contributed by atoms with Crippen molar-refractivity contribution >= 4 is 0 Å². The molecule has 0 saturated carbocycles. The van der Waals surface area contributed by atoms with Crippen LogP contribution in [0, 0.1) is 44.3 Å². The Kier molecular flexibility index (Phi) is 14.9. The molecule has 0 fully saturated rings. The number of rotatable bonds is 7. The van der Waals surface area contributed by atoms with Crippen molar-refractivity contribution in [2.45, 2.75) is 158 Å². The van der Waals surface area contributed by atoms with E-state index in [1.165, 1.54) is 18.4 Å². The van der Waals surface area contributed by atoms with Crippen LogP contribution in [0.15, 0.2) is 12.2 Å². The zero-order valence-corrected chi connectivity index (χ0v) is 27.5. The van der Waals surface area contributed by atoms with Gasteiger partial charge in [-0.25, -0.2) is 0 Å². The van der Waals surface area contributed by atoms with Crippen molar-refractivity contribution in [1.82, 2.24) is 0 Å². The summed E-state index contributed by atoms with van der Waals surface area (Å²) in [5.41, 5.74) is 3.48. The van der Waals surface area contributed by atoms with E-state index in [0.717, 1.165) is 12.3 Å². The fraction of sp³-hybridized carbons (Fsp3) is 0.939. The zero-order chi connectivity index (χ0) is 27.9. The van der Waals surface area contributed by atoms with E-state index in [-0.39, 0.29) is 10.8 Å². The first kappa shape index (κ1) is 37.3. The average molecular weight is 467 g/mol. The Labute approximate surface area is 214 Å². The van der Waals surface area contributed by atoms with Crippen LogP contribution in [-0.2, 0) is 0 Å². The van der Waals surface area contributed by atoms with Gasteiger partial charge in [-0.05, 0) is 63.6 Å².